The van der Waals surface area contributed by atoms with Crippen LogP contribution in [0.5, 0.6) is 0 Å². The molecule has 120 valence electrons. The molecule has 2 heterocycles. The van der Waals surface area contributed by atoms with E-state index in [1.165, 1.54) is 18.3 Å². The molecule has 2 aromatic rings. The maximum atomic E-state index is 13.3. The zero-order chi connectivity index (χ0) is 16.3. The Kier molecular flexibility index (Phi) is 4.45. The van der Waals surface area contributed by atoms with Crippen molar-refractivity contribution in [2.45, 2.75) is 12.5 Å². The van der Waals surface area contributed by atoms with Gasteiger partial charge in [0, 0.05) is 6.20 Å². The lowest BCUT2D eigenvalue weighted by Crippen LogP contribution is -2.10. The monoisotopic (exact) mass is 321 g/mol. The van der Waals surface area contributed by atoms with Gasteiger partial charge in [-0.3, -0.25) is 4.98 Å². The Bertz CT molecular complexity index is 675. The Morgan fingerprint density at radius 1 is 1.04 bits per heavy atom. The van der Waals surface area contributed by atoms with Crippen molar-refractivity contribution in [2.24, 2.45) is 0 Å². The van der Waals surface area contributed by atoms with Crippen LogP contribution in [-0.2, 0) is 9.47 Å². The third-order valence-electron chi connectivity index (χ3n) is 3.37. The highest BCUT2D eigenvalue weighted by Gasteiger charge is 2.34. The predicted octanol–water partition coefficient (Wildman–Crippen LogP) is 4.23. The van der Waals surface area contributed by atoms with Crippen molar-refractivity contribution in [1.29, 1.82) is 0 Å². The third kappa shape index (κ3) is 3.78. The van der Waals surface area contributed by atoms with Crippen molar-refractivity contribution in [3.63, 3.8) is 0 Å². The molecule has 0 amide bonds. The number of benzene rings is 1. The number of nitrogens with zero attached hydrogens (tertiary/aromatic N) is 1. The first-order valence-corrected chi connectivity index (χ1v) is 7.07. The van der Waals surface area contributed by atoms with Crippen molar-refractivity contribution < 1.29 is 22.6 Å². The van der Waals surface area contributed by atoms with Gasteiger partial charge < -0.3 is 9.47 Å². The topological polar surface area (TPSA) is 31.4 Å². The second-order valence-corrected chi connectivity index (χ2v) is 5.01. The molecule has 3 rings (SSSR count). The summed E-state index contributed by atoms with van der Waals surface area (Å²) in [5.74, 6) is 0. The molecule has 0 saturated carbocycles. The molecule has 3 nitrogen and oxygen atoms in total. The van der Waals surface area contributed by atoms with Gasteiger partial charge in [0.1, 0.15) is 0 Å². The van der Waals surface area contributed by atoms with Crippen LogP contribution >= 0.6 is 0 Å². The molecule has 1 saturated heterocycles. The van der Waals surface area contributed by atoms with Gasteiger partial charge in [0.05, 0.1) is 24.5 Å². The fourth-order valence-electron chi connectivity index (χ4n) is 2.28. The van der Waals surface area contributed by atoms with E-state index in [-0.39, 0.29) is 5.56 Å². The maximum Gasteiger partial charge on any atom is 0.417 e. The quantitative estimate of drug-likeness (QED) is 0.848. The Balaban J connectivity index is 1.90. The minimum Gasteiger partial charge on any atom is -0.345 e. The van der Waals surface area contributed by atoms with Crippen LogP contribution in [0.1, 0.15) is 23.1 Å². The second kappa shape index (κ2) is 6.52. The van der Waals surface area contributed by atoms with Gasteiger partial charge in [-0.1, -0.05) is 36.4 Å². The molecule has 0 bridgehead atoms. The predicted molar refractivity (Wildman–Crippen MR) is 79.3 cm³/mol. The molecular weight excluding hydrogens is 307 g/mol. The van der Waals surface area contributed by atoms with E-state index in [0.29, 0.717) is 24.5 Å². The average molecular weight is 321 g/mol. The summed E-state index contributed by atoms with van der Waals surface area (Å²) in [6.07, 6.45) is -2.51. The summed E-state index contributed by atoms with van der Waals surface area (Å²) in [6.45, 7) is 0.973. The first-order chi connectivity index (χ1) is 11.0. The number of pyridine rings is 1. The standard InChI is InChI=1S/C17H14F3NO2/c18-17(19,20)14(13-4-2-1-3-5-13)10-12-6-7-15(21-11-12)16-22-8-9-23-16/h1-7,10-11,16H,8-9H2/b14-10+. The Morgan fingerprint density at radius 2 is 1.74 bits per heavy atom. The Morgan fingerprint density at radius 3 is 2.30 bits per heavy atom. The van der Waals surface area contributed by atoms with E-state index in [9.17, 15) is 13.2 Å². The average Bonchev–Trinajstić information content (AvgIpc) is 3.07. The molecular formula is C17H14F3NO2. The minimum absolute atomic E-state index is 0.117. The van der Waals surface area contributed by atoms with Crippen LogP contribution in [0.4, 0.5) is 13.2 Å². The second-order valence-electron chi connectivity index (χ2n) is 5.01. The highest BCUT2D eigenvalue weighted by molar-refractivity contribution is 5.84. The van der Waals surface area contributed by atoms with E-state index < -0.39 is 18.0 Å². The van der Waals surface area contributed by atoms with Crippen molar-refractivity contribution >= 4 is 11.6 Å². The molecule has 1 aromatic heterocycles. The van der Waals surface area contributed by atoms with Crippen molar-refractivity contribution in [1.82, 2.24) is 4.98 Å². The molecule has 0 radical (unpaired) electrons. The number of alkyl halides is 3. The minimum atomic E-state index is -4.45. The number of halogens is 3. The number of allylic oxidation sites excluding steroid dienone is 1. The van der Waals surface area contributed by atoms with Gasteiger partial charge in [-0.05, 0) is 23.3 Å². The summed E-state index contributed by atoms with van der Waals surface area (Å²) in [7, 11) is 0. The molecule has 1 aliphatic rings. The van der Waals surface area contributed by atoms with Gasteiger partial charge in [-0.25, -0.2) is 0 Å². The van der Waals surface area contributed by atoms with E-state index in [0.717, 1.165) is 6.08 Å². The number of hydrogen-bond donors (Lipinski definition) is 0. The van der Waals surface area contributed by atoms with Crippen molar-refractivity contribution in [3.8, 4) is 0 Å². The third-order valence-corrected chi connectivity index (χ3v) is 3.37. The van der Waals surface area contributed by atoms with Crippen LogP contribution in [0.15, 0.2) is 48.7 Å². The molecule has 23 heavy (non-hydrogen) atoms. The van der Waals surface area contributed by atoms with Gasteiger partial charge in [-0.15, -0.1) is 0 Å². The van der Waals surface area contributed by atoms with Crippen LogP contribution in [0, 0.1) is 0 Å². The van der Waals surface area contributed by atoms with Crippen LogP contribution in [-0.4, -0.2) is 24.4 Å². The Hall–Kier alpha value is -2.18. The molecule has 1 aliphatic heterocycles. The van der Waals surface area contributed by atoms with Gasteiger partial charge in [0.2, 0.25) is 6.29 Å². The summed E-state index contributed by atoms with van der Waals surface area (Å²) in [4.78, 5) is 4.13. The molecule has 6 heteroatoms. The van der Waals surface area contributed by atoms with E-state index >= 15 is 0 Å². The van der Waals surface area contributed by atoms with Crippen LogP contribution in [0.2, 0.25) is 0 Å². The van der Waals surface area contributed by atoms with Crippen LogP contribution in [0.3, 0.4) is 0 Å². The van der Waals surface area contributed by atoms with Crippen LogP contribution in [0.25, 0.3) is 11.6 Å². The summed E-state index contributed by atoms with van der Waals surface area (Å²) >= 11 is 0. The largest absolute Gasteiger partial charge is 0.417 e. The van der Waals surface area contributed by atoms with Crippen LogP contribution < -0.4 is 0 Å². The normalized spacial score (nSPS) is 16.7. The van der Waals surface area contributed by atoms with Gasteiger partial charge in [0.25, 0.3) is 0 Å². The number of ether oxygens (including phenoxy) is 2. The fraction of sp³-hybridized carbons (Fsp3) is 0.235. The molecule has 0 spiro atoms. The SMILES string of the molecule is FC(F)(F)/C(=C/c1ccc(C2OCCO2)nc1)c1ccccc1. The van der Waals surface area contributed by atoms with E-state index in [4.69, 9.17) is 9.47 Å². The molecule has 1 aromatic carbocycles. The fourth-order valence-corrected chi connectivity index (χ4v) is 2.28. The lowest BCUT2D eigenvalue weighted by molar-refractivity contribution is -0.0683. The van der Waals surface area contributed by atoms with E-state index in [1.807, 2.05) is 0 Å². The highest BCUT2D eigenvalue weighted by Crippen LogP contribution is 2.35. The summed E-state index contributed by atoms with van der Waals surface area (Å²) < 4.78 is 50.5. The molecule has 0 atom stereocenters. The summed E-state index contributed by atoms with van der Waals surface area (Å²) in [6, 6.07) is 10.9. The maximum absolute atomic E-state index is 13.3. The number of aromatic nitrogens is 1. The first kappa shape index (κ1) is 15.7. The molecule has 0 unspecified atom stereocenters. The molecule has 1 fully saturated rings. The highest BCUT2D eigenvalue weighted by atomic mass is 19.4. The van der Waals surface area contributed by atoms with Gasteiger partial charge in [0.15, 0.2) is 0 Å². The van der Waals surface area contributed by atoms with E-state index in [1.54, 1.807) is 30.3 Å². The van der Waals surface area contributed by atoms with Crippen molar-refractivity contribution in [3.05, 3.63) is 65.5 Å². The summed E-state index contributed by atoms with van der Waals surface area (Å²) in [5, 5.41) is 0. The zero-order valence-corrected chi connectivity index (χ0v) is 12.1. The number of hydrogen-bond acceptors (Lipinski definition) is 3. The molecule has 0 N–H and O–H groups in total. The first-order valence-electron chi connectivity index (χ1n) is 7.07. The number of rotatable bonds is 3. The van der Waals surface area contributed by atoms with Gasteiger partial charge >= 0.3 is 6.18 Å². The Labute approximate surface area is 131 Å². The van der Waals surface area contributed by atoms with Gasteiger partial charge in [-0.2, -0.15) is 13.2 Å². The lowest BCUT2D eigenvalue weighted by Gasteiger charge is -2.12. The smallest absolute Gasteiger partial charge is 0.345 e. The zero-order valence-electron chi connectivity index (χ0n) is 12.1. The lowest BCUT2D eigenvalue weighted by atomic mass is 10.0. The van der Waals surface area contributed by atoms with E-state index in [2.05, 4.69) is 4.98 Å². The molecule has 0 aliphatic carbocycles. The van der Waals surface area contributed by atoms with Crippen molar-refractivity contribution in [2.75, 3.05) is 13.2 Å². The summed E-state index contributed by atoms with van der Waals surface area (Å²) in [5.41, 5.74) is 0.323.